The summed E-state index contributed by atoms with van der Waals surface area (Å²) in [6.45, 7) is 16.2. The third-order valence-electron chi connectivity index (χ3n) is 14.6. The van der Waals surface area contributed by atoms with Crippen LogP contribution in [-0.2, 0) is 30.0 Å². The number of nitrogens with one attached hydrogen (secondary N) is 7. The number of nitrogen functional groups attached to an aromatic ring is 3. The van der Waals surface area contributed by atoms with Crippen LogP contribution >= 0.6 is 22.6 Å². The number of amides is 4. The van der Waals surface area contributed by atoms with Crippen molar-refractivity contribution in [3.63, 3.8) is 0 Å². The molecular weight excluding hydrogens is 1640 g/mol. The normalized spacial score (nSPS) is 9.80. The number of Topliss-reactive ketones (excluding diaryl/α,β-unsaturated/α-hetero) is 4. The van der Waals surface area contributed by atoms with Gasteiger partial charge < -0.3 is 83.5 Å². The summed E-state index contributed by atoms with van der Waals surface area (Å²) in [4.78, 5) is 154. The zero-order valence-electron chi connectivity index (χ0n) is 62.7. The Morgan fingerprint density at radius 1 is 0.351 bits per heavy atom. The molecule has 0 spiro atoms. The SMILES string of the molecule is CC(=O)O.CC(=O)O.CC(=O)c1ccc(N)c(I)c1.CC(=O)c1ccc(N)cc1.CC(=O)c1ccc2[nH]c(C(=O)O)cc2c1.CCCNC(=O)c1cc2cc(C(=O)N(C)C)ccc2[nH]1.CCCNC(=O)c1cc2cc(C(=O)O)ccc2[nH]1.CCCNC(=O)c1cc2cc(C(C)=O)ccc2[nH]1.Nc1ccc(C(=O)O)cc1.[Pd]. The summed E-state index contributed by atoms with van der Waals surface area (Å²) in [6, 6.07) is 45.5. The molecule has 0 aliphatic carbocycles. The van der Waals surface area contributed by atoms with Crippen molar-refractivity contribution in [3.8, 4) is 0 Å². The number of rotatable bonds is 17. The fourth-order valence-electron chi connectivity index (χ4n) is 9.07. The number of hydrogen-bond acceptors (Lipinski definition) is 16. The van der Waals surface area contributed by atoms with Crippen molar-refractivity contribution in [3.05, 3.63) is 229 Å². The first-order chi connectivity index (χ1) is 51.8. The molecule has 4 amide bonds. The molecule has 29 nitrogen and oxygen atoms in total. The zero-order chi connectivity index (χ0) is 82.6. The summed E-state index contributed by atoms with van der Waals surface area (Å²) in [5, 5.41) is 52.5. The number of carboxylic acid groups (broad SMARTS) is 5. The number of carboxylic acids is 5. The summed E-state index contributed by atoms with van der Waals surface area (Å²) in [5.74, 6) is -4.91. The molecule has 590 valence electrons. The van der Waals surface area contributed by atoms with Gasteiger partial charge in [-0.3, -0.25) is 47.9 Å². The van der Waals surface area contributed by atoms with Gasteiger partial charge in [0.25, 0.3) is 35.6 Å². The number of ketones is 4. The second kappa shape index (κ2) is 47.3. The number of benzene rings is 7. The fourth-order valence-corrected chi connectivity index (χ4v) is 9.58. The predicted molar refractivity (Wildman–Crippen MR) is 432 cm³/mol. The zero-order valence-corrected chi connectivity index (χ0v) is 66.5. The molecule has 0 saturated heterocycles. The van der Waals surface area contributed by atoms with Crippen LogP contribution in [-0.4, -0.2) is 161 Å². The standard InChI is InChI=1S/C15H19N3O2.C14H16N2O2.C13H14N2O3.C11H9NO3.C8H8INO.C8H9NO.C7H7NO2.2C2H4O2.Pd/c1-4-7-16-14(19)13-9-11-8-10(15(20)18(2)3)5-6-12(11)17-13;1-3-6-15-14(18)13-8-11-7-10(9(2)17)4-5-12(11)16-13;1-2-5-14-12(16)11-7-9-6-8(13(17)18)3-4-10(9)15-11;1-6(13)7-2-3-9-8(4-7)5-10(12-9)11(14)15;1-5(11)6-2-3-8(10)7(9)4-6;1-6(10)7-2-4-8(9)5-3-7;8-6-3-1-5(2-4-6)7(9)10;2*1-2(3)4;/h5-6,8-9,17H,4,7H2,1-3H3,(H,16,19);4-5,7-8,16H,3,6H2,1-2H3,(H,15,18);3-4,6-7,15H,2,5H2,1H3,(H,14,16)(H,17,18);2-5,12H,1H3,(H,14,15);2-4H,10H2,1H3;2-5H,9H2,1H3;1-4H,8H2,(H,9,10);2*1H3,(H,3,4);. The number of nitrogens with two attached hydrogens (primary N) is 3. The molecule has 11 rings (SSSR count). The first-order valence-electron chi connectivity index (χ1n) is 33.8. The Balaban J connectivity index is 0.000000437. The number of anilines is 3. The van der Waals surface area contributed by atoms with Crippen LogP contribution in [0.3, 0.4) is 0 Å². The number of aliphatic carboxylic acids is 2. The van der Waals surface area contributed by atoms with Gasteiger partial charge in [0.05, 0.1) is 11.1 Å². The molecule has 0 atom stereocenters. The number of carbonyl (C=O) groups excluding carboxylic acids is 8. The van der Waals surface area contributed by atoms with Crippen molar-refractivity contribution in [2.75, 3.05) is 50.9 Å². The Bertz CT molecular complexity index is 4890. The van der Waals surface area contributed by atoms with Gasteiger partial charge in [-0.25, -0.2) is 14.4 Å². The molecule has 11 aromatic rings. The Morgan fingerprint density at radius 2 is 0.613 bits per heavy atom. The van der Waals surface area contributed by atoms with Gasteiger partial charge in [0.2, 0.25) is 0 Å². The van der Waals surface area contributed by atoms with Gasteiger partial charge in [0.15, 0.2) is 23.1 Å². The summed E-state index contributed by atoms with van der Waals surface area (Å²) >= 11 is 2.11. The number of H-pyrrole nitrogens is 4. The van der Waals surface area contributed by atoms with Gasteiger partial charge >= 0.3 is 17.9 Å². The average Bonchev–Trinajstić information content (AvgIpc) is 1.70. The minimum Gasteiger partial charge on any atom is -0.481 e. The summed E-state index contributed by atoms with van der Waals surface area (Å²) in [5.41, 5.74) is 26.8. The van der Waals surface area contributed by atoms with E-state index in [0.717, 1.165) is 86.0 Å². The van der Waals surface area contributed by atoms with Crippen LogP contribution in [0.25, 0.3) is 43.6 Å². The quantitative estimate of drug-likeness (QED) is 0.0174. The minimum atomic E-state index is -1.00. The van der Waals surface area contributed by atoms with E-state index < -0.39 is 29.8 Å². The summed E-state index contributed by atoms with van der Waals surface area (Å²) in [6.07, 6.45) is 2.67. The van der Waals surface area contributed by atoms with Crippen LogP contribution in [0.5, 0.6) is 0 Å². The fraction of sp³-hybridized carbons (Fsp3) is 0.212. The van der Waals surface area contributed by atoms with Crippen LogP contribution in [0.4, 0.5) is 17.1 Å². The van der Waals surface area contributed by atoms with E-state index in [1.165, 1.54) is 49.9 Å². The molecule has 18 N–H and O–H groups in total. The maximum atomic E-state index is 11.9. The Kier molecular flexibility index (Phi) is 40.2. The first kappa shape index (κ1) is 94.5. The van der Waals surface area contributed by atoms with Gasteiger partial charge in [-0.15, -0.1) is 0 Å². The van der Waals surface area contributed by atoms with Crippen molar-refractivity contribution >= 4 is 160 Å². The molecule has 0 radical (unpaired) electrons. The molecular formula is C80H90IN11O18Pd. The molecule has 0 bridgehead atoms. The van der Waals surface area contributed by atoms with E-state index in [1.54, 1.807) is 148 Å². The second-order valence-corrected chi connectivity index (χ2v) is 25.2. The summed E-state index contributed by atoms with van der Waals surface area (Å²) < 4.78 is 0.926. The largest absolute Gasteiger partial charge is 0.481 e. The summed E-state index contributed by atoms with van der Waals surface area (Å²) in [7, 11) is 3.43. The van der Waals surface area contributed by atoms with Gasteiger partial charge in [-0.1, -0.05) is 20.8 Å². The van der Waals surface area contributed by atoms with E-state index in [4.69, 9.17) is 52.3 Å². The Hall–Kier alpha value is -12.6. The minimum absolute atomic E-state index is 0. The van der Waals surface area contributed by atoms with Gasteiger partial charge in [-0.2, -0.15) is 0 Å². The predicted octanol–water partition coefficient (Wildman–Crippen LogP) is 13.3. The maximum absolute atomic E-state index is 11.9. The van der Waals surface area contributed by atoms with Crippen molar-refractivity contribution in [2.45, 2.75) is 81.6 Å². The van der Waals surface area contributed by atoms with Crippen LogP contribution < -0.4 is 33.2 Å². The third kappa shape index (κ3) is 32.8. The number of halogens is 1. The number of fused-ring (bicyclic) bond motifs is 4. The van der Waals surface area contributed by atoms with Crippen LogP contribution in [0, 0.1) is 3.57 Å². The first-order valence-corrected chi connectivity index (χ1v) is 34.8. The molecule has 0 aliphatic rings. The molecule has 0 saturated carbocycles. The molecule has 4 heterocycles. The third-order valence-corrected chi connectivity index (χ3v) is 15.6. The molecule has 4 aromatic heterocycles. The Morgan fingerprint density at radius 3 is 0.910 bits per heavy atom. The molecule has 111 heavy (non-hydrogen) atoms. The number of hydrogen-bond donors (Lipinski definition) is 15. The van der Waals surface area contributed by atoms with Crippen molar-refractivity contribution in [2.24, 2.45) is 0 Å². The molecule has 31 heteroatoms. The average molecular weight is 1730 g/mol. The number of aromatic nitrogens is 4. The number of nitrogens with zero attached hydrogens (tertiary/aromatic N) is 1. The van der Waals surface area contributed by atoms with Crippen LogP contribution in [0.2, 0.25) is 0 Å². The maximum Gasteiger partial charge on any atom is 0.352 e. The van der Waals surface area contributed by atoms with E-state index in [-0.39, 0.29) is 84.0 Å². The van der Waals surface area contributed by atoms with Crippen molar-refractivity contribution < 1.29 is 108 Å². The van der Waals surface area contributed by atoms with Gasteiger partial charge in [0.1, 0.15) is 22.8 Å². The Labute approximate surface area is 666 Å². The van der Waals surface area contributed by atoms with Crippen molar-refractivity contribution in [1.82, 2.24) is 40.8 Å². The number of aromatic amines is 4. The number of carbonyl (C=O) groups is 13. The molecule has 0 fully saturated rings. The second-order valence-electron chi connectivity index (χ2n) is 24.1. The monoisotopic (exact) mass is 1730 g/mol. The smallest absolute Gasteiger partial charge is 0.352 e. The molecule has 0 aliphatic heterocycles. The van der Waals surface area contributed by atoms with Crippen LogP contribution in [0.1, 0.15) is 196 Å². The number of aromatic carboxylic acids is 3. The topological polar surface area (TPSA) is 504 Å². The molecule has 0 unspecified atom stereocenters. The van der Waals surface area contributed by atoms with E-state index in [9.17, 15) is 52.7 Å². The van der Waals surface area contributed by atoms with E-state index in [0.29, 0.717) is 75.9 Å². The van der Waals surface area contributed by atoms with Crippen LogP contribution in [0.15, 0.2) is 164 Å². The van der Waals surface area contributed by atoms with E-state index in [1.807, 2.05) is 32.9 Å². The van der Waals surface area contributed by atoms with Crippen molar-refractivity contribution in [1.29, 1.82) is 0 Å². The molecule has 7 aromatic carbocycles. The van der Waals surface area contributed by atoms with Gasteiger partial charge in [-0.05, 0) is 233 Å². The van der Waals surface area contributed by atoms with Gasteiger partial charge in [0, 0.05) is 160 Å². The van der Waals surface area contributed by atoms with E-state index >= 15 is 0 Å². The van der Waals surface area contributed by atoms with E-state index in [2.05, 4.69) is 58.5 Å².